The van der Waals surface area contributed by atoms with Gasteiger partial charge in [-0.05, 0) is 55.8 Å². The van der Waals surface area contributed by atoms with Crippen molar-refractivity contribution in [1.29, 1.82) is 0 Å². The van der Waals surface area contributed by atoms with Crippen molar-refractivity contribution in [3.05, 3.63) is 95.6 Å². The number of nitrogens with zero attached hydrogens (tertiary/aromatic N) is 1. The number of carbonyl (C=O) groups is 2. The molecule has 1 heterocycles. The summed E-state index contributed by atoms with van der Waals surface area (Å²) in [4.78, 5) is 27.8. The zero-order valence-electron chi connectivity index (χ0n) is 18.5. The highest BCUT2D eigenvalue weighted by Gasteiger charge is 2.47. The third-order valence-corrected chi connectivity index (χ3v) is 5.41. The minimum absolute atomic E-state index is 0.0390. The van der Waals surface area contributed by atoms with Gasteiger partial charge in [0.25, 0.3) is 11.7 Å². The quantitative estimate of drug-likeness (QED) is 0.312. The molecule has 1 saturated heterocycles. The number of carbonyl (C=O) groups excluding carboxylic acids is 2. The average Bonchev–Trinajstić information content (AvgIpc) is 3.11. The van der Waals surface area contributed by atoms with Crippen LogP contribution in [0.15, 0.2) is 84.4 Å². The van der Waals surface area contributed by atoms with Crippen molar-refractivity contribution in [1.82, 2.24) is 0 Å². The number of amides is 1. The second-order valence-corrected chi connectivity index (χ2v) is 7.47. The van der Waals surface area contributed by atoms with E-state index in [9.17, 15) is 14.7 Å². The molecule has 0 spiro atoms. The van der Waals surface area contributed by atoms with Gasteiger partial charge in [0.15, 0.2) is 0 Å². The molecular formula is C27H25NO5. The number of aliphatic hydroxyl groups excluding tert-OH is 1. The smallest absolute Gasteiger partial charge is 0.300 e. The normalized spacial score (nSPS) is 17.3. The first-order valence-electron chi connectivity index (χ1n) is 10.9. The Morgan fingerprint density at radius 3 is 2.18 bits per heavy atom. The zero-order chi connectivity index (χ0) is 23.4. The molecule has 3 aromatic carbocycles. The van der Waals surface area contributed by atoms with Crippen LogP contribution >= 0.6 is 0 Å². The van der Waals surface area contributed by atoms with Crippen molar-refractivity contribution in [2.45, 2.75) is 19.9 Å². The van der Waals surface area contributed by atoms with Gasteiger partial charge in [-0.25, -0.2) is 0 Å². The summed E-state index contributed by atoms with van der Waals surface area (Å²) < 4.78 is 11.0. The highest BCUT2D eigenvalue weighted by Crippen LogP contribution is 2.42. The van der Waals surface area contributed by atoms with Gasteiger partial charge in [-0.3, -0.25) is 14.5 Å². The average molecular weight is 443 g/mol. The number of benzene rings is 3. The van der Waals surface area contributed by atoms with Crippen LogP contribution in [0.1, 0.15) is 31.0 Å². The third-order valence-electron chi connectivity index (χ3n) is 5.41. The zero-order valence-corrected chi connectivity index (χ0v) is 18.5. The van der Waals surface area contributed by atoms with Crippen molar-refractivity contribution in [2.24, 2.45) is 0 Å². The predicted octanol–water partition coefficient (Wildman–Crippen LogP) is 5.11. The van der Waals surface area contributed by atoms with E-state index in [4.69, 9.17) is 9.47 Å². The summed E-state index contributed by atoms with van der Waals surface area (Å²) in [7, 11) is 0. The van der Waals surface area contributed by atoms with Gasteiger partial charge in [0.05, 0.1) is 24.8 Å². The van der Waals surface area contributed by atoms with E-state index >= 15 is 0 Å². The van der Waals surface area contributed by atoms with Crippen LogP contribution in [0.25, 0.3) is 5.76 Å². The summed E-state index contributed by atoms with van der Waals surface area (Å²) in [6, 6.07) is 22.2. The summed E-state index contributed by atoms with van der Waals surface area (Å²) in [6.45, 7) is 4.75. The minimum atomic E-state index is -0.783. The molecule has 3 aromatic rings. The lowest BCUT2D eigenvalue weighted by Crippen LogP contribution is -2.29. The van der Waals surface area contributed by atoms with Gasteiger partial charge in [-0.2, -0.15) is 0 Å². The molecule has 33 heavy (non-hydrogen) atoms. The van der Waals surface area contributed by atoms with Crippen LogP contribution in [-0.4, -0.2) is 30.0 Å². The second-order valence-electron chi connectivity index (χ2n) is 7.47. The predicted molar refractivity (Wildman–Crippen MR) is 126 cm³/mol. The maximum Gasteiger partial charge on any atom is 0.300 e. The van der Waals surface area contributed by atoms with Crippen molar-refractivity contribution in [3.63, 3.8) is 0 Å². The van der Waals surface area contributed by atoms with Gasteiger partial charge in [-0.15, -0.1) is 0 Å². The maximum atomic E-state index is 13.2. The number of aliphatic hydroxyl groups is 1. The fourth-order valence-electron chi connectivity index (χ4n) is 3.97. The van der Waals surface area contributed by atoms with Gasteiger partial charge < -0.3 is 14.6 Å². The van der Waals surface area contributed by atoms with Gasteiger partial charge in [0, 0.05) is 17.3 Å². The molecule has 1 atom stereocenters. The Morgan fingerprint density at radius 1 is 0.848 bits per heavy atom. The molecule has 0 radical (unpaired) electrons. The molecule has 1 fully saturated rings. The largest absolute Gasteiger partial charge is 0.507 e. The standard InChI is InChI=1S/C27H25NO5/c1-3-32-21-15-13-19(14-16-21)25(29)23-24(18-9-6-5-7-10-18)28(27(31)26(23)30)20-11-8-12-22(17-20)33-4-2/h5-17,24,29H,3-4H2,1-2H3/b25-23+. The second kappa shape index (κ2) is 9.61. The topological polar surface area (TPSA) is 76.1 Å². The van der Waals surface area contributed by atoms with E-state index < -0.39 is 17.7 Å². The third kappa shape index (κ3) is 4.32. The lowest BCUT2D eigenvalue weighted by molar-refractivity contribution is -0.132. The molecule has 0 saturated carbocycles. The molecule has 0 bridgehead atoms. The molecule has 168 valence electrons. The van der Waals surface area contributed by atoms with E-state index in [1.807, 2.05) is 44.2 Å². The fourth-order valence-corrected chi connectivity index (χ4v) is 3.97. The lowest BCUT2D eigenvalue weighted by Gasteiger charge is -2.25. The first-order chi connectivity index (χ1) is 16.0. The van der Waals surface area contributed by atoms with Crippen molar-refractivity contribution >= 4 is 23.1 Å². The Labute approximate surface area is 192 Å². The van der Waals surface area contributed by atoms with Crippen molar-refractivity contribution in [3.8, 4) is 11.5 Å². The van der Waals surface area contributed by atoms with Crippen LogP contribution in [0.3, 0.4) is 0 Å². The molecule has 4 rings (SSSR count). The molecule has 0 aromatic heterocycles. The molecular weight excluding hydrogens is 418 g/mol. The van der Waals surface area contributed by atoms with Crippen molar-refractivity contribution < 1.29 is 24.2 Å². The number of hydrogen-bond donors (Lipinski definition) is 1. The molecule has 1 unspecified atom stereocenters. The van der Waals surface area contributed by atoms with E-state index in [2.05, 4.69) is 0 Å². The number of anilines is 1. The van der Waals surface area contributed by atoms with E-state index in [-0.39, 0.29) is 11.3 Å². The molecule has 1 aliphatic rings. The molecule has 1 amide bonds. The van der Waals surface area contributed by atoms with Crippen LogP contribution in [0.5, 0.6) is 11.5 Å². The Balaban J connectivity index is 1.86. The number of hydrogen-bond acceptors (Lipinski definition) is 5. The van der Waals surface area contributed by atoms with Gasteiger partial charge >= 0.3 is 0 Å². The van der Waals surface area contributed by atoms with E-state index in [0.717, 1.165) is 0 Å². The van der Waals surface area contributed by atoms with Crippen LogP contribution in [0, 0.1) is 0 Å². The first-order valence-corrected chi connectivity index (χ1v) is 10.9. The van der Waals surface area contributed by atoms with Crippen LogP contribution < -0.4 is 14.4 Å². The first kappa shape index (κ1) is 22.1. The maximum absolute atomic E-state index is 13.2. The molecule has 6 heteroatoms. The molecule has 6 nitrogen and oxygen atoms in total. The van der Waals surface area contributed by atoms with Crippen LogP contribution in [0.4, 0.5) is 5.69 Å². The van der Waals surface area contributed by atoms with Crippen molar-refractivity contribution in [2.75, 3.05) is 18.1 Å². The SMILES string of the molecule is CCOc1ccc(/C(O)=C2\C(=O)C(=O)N(c3cccc(OCC)c3)C2c2ccccc2)cc1. The van der Waals surface area contributed by atoms with E-state index in [1.165, 1.54) is 4.90 Å². The number of rotatable bonds is 7. The van der Waals surface area contributed by atoms with Gasteiger partial charge in [0.1, 0.15) is 17.3 Å². The lowest BCUT2D eigenvalue weighted by atomic mass is 9.95. The Kier molecular flexibility index (Phi) is 6.45. The van der Waals surface area contributed by atoms with Gasteiger partial charge in [-0.1, -0.05) is 36.4 Å². The Morgan fingerprint density at radius 2 is 1.52 bits per heavy atom. The number of Topliss-reactive ketones (excluding diaryl/α,β-unsaturated/α-hetero) is 1. The summed E-state index contributed by atoms with van der Waals surface area (Å²) in [5, 5.41) is 11.2. The minimum Gasteiger partial charge on any atom is -0.507 e. The van der Waals surface area contributed by atoms with Crippen LogP contribution in [-0.2, 0) is 9.59 Å². The molecule has 1 N–H and O–H groups in total. The van der Waals surface area contributed by atoms with Crippen LogP contribution in [0.2, 0.25) is 0 Å². The highest BCUT2D eigenvalue weighted by atomic mass is 16.5. The van der Waals surface area contributed by atoms with Gasteiger partial charge in [0.2, 0.25) is 0 Å². The summed E-state index contributed by atoms with van der Waals surface area (Å²) in [5.41, 5.74) is 1.70. The molecule has 1 aliphatic heterocycles. The fraction of sp³-hybridized carbons (Fsp3) is 0.185. The van der Waals surface area contributed by atoms with E-state index in [1.54, 1.807) is 48.5 Å². The van der Waals surface area contributed by atoms with E-state index in [0.29, 0.717) is 41.5 Å². The Bertz CT molecular complexity index is 1180. The molecule has 0 aliphatic carbocycles. The summed E-state index contributed by atoms with van der Waals surface area (Å²) >= 11 is 0. The Hall–Kier alpha value is -4.06. The number of ketones is 1. The number of ether oxygens (including phenoxy) is 2. The monoisotopic (exact) mass is 443 g/mol. The highest BCUT2D eigenvalue weighted by molar-refractivity contribution is 6.51. The summed E-state index contributed by atoms with van der Waals surface area (Å²) in [5.74, 6) is -0.423. The summed E-state index contributed by atoms with van der Waals surface area (Å²) in [6.07, 6.45) is 0.